The van der Waals surface area contributed by atoms with Gasteiger partial charge < -0.3 is 35.1 Å². The first-order valence-corrected chi connectivity index (χ1v) is 18.9. The standard InChI is InChI=1S/C42H52N4O5/c47-38-14-12-34(35-13-15-40(49)44-42(35)38)39(48)27-43-19-5-2-6-23-51-33-11-7-8-29(24-33)25-41(50)46-22-18-32(30-9-3-1-4-10-30)26-37(46)36-28-45-20-16-31(36)17-21-45/h1,3-4,7-15,24,31-32,36-37,39,43,47-48H,2,5-6,16-23,25-28H2,(H,44,49). The number of aliphatic hydroxyl groups is 1. The molecule has 4 aliphatic heterocycles. The Kier molecular flexibility index (Phi) is 11.4. The zero-order valence-electron chi connectivity index (χ0n) is 29.5. The molecule has 0 saturated carbocycles. The van der Waals surface area contributed by atoms with Crippen LogP contribution in [0.2, 0.25) is 0 Å². The summed E-state index contributed by atoms with van der Waals surface area (Å²) in [6.45, 7) is 6.10. The Morgan fingerprint density at radius 1 is 0.941 bits per heavy atom. The van der Waals surface area contributed by atoms with E-state index in [1.807, 2.05) is 24.3 Å². The molecule has 9 nitrogen and oxygen atoms in total. The summed E-state index contributed by atoms with van der Waals surface area (Å²) in [6.07, 6.45) is 7.06. The minimum Gasteiger partial charge on any atom is -0.506 e. The molecule has 9 heteroatoms. The van der Waals surface area contributed by atoms with Gasteiger partial charge in [0, 0.05) is 37.1 Å². The number of hydrogen-bond donors (Lipinski definition) is 4. The highest BCUT2D eigenvalue weighted by atomic mass is 16.5. The van der Waals surface area contributed by atoms with Crippen LogP contribution in [0.5, 0.6) is 11.5 Å². The van der Waals surface area contributed by atoms with Gasteiger partial charge in [-0.05, 0) is 123 Å². The number of rotatable bonds is 14. The topological polar surface area (TPSA) is 118 Å². The van der Waals surface area contributed by atoms with Gasteiger partial charge in [0.1, 0.15) is 11.5 Å². The number of nitrogens with one attached hydrogen (secondary N) is 2. The predicted molar refractivity (Wildman–Crippen MR) is 200 cm³/mol. The number of aromatic hydroxyl groups is 1. The van der Waals surface area contributed by atoms with Crippen LogP contribution in [0.3, 0.4) is 0 Å². The van der Waals surface area contributed by atoms with Gasteiger partial charge in [-0.2, -0.15) is 0 Å². The predicted octanol–water partition coefficient (Wildman–Crippen LogP) is 5.77. The van der Waals surface area contributed by atoms with Crippen LogP contribution in [0.15, 0.2) is 83.7 Å². The van der Waals surface area contributed by atoms with Gasteiger partial charge in [0.05, 0.1) is 24.6 Å². The van der Waals surface area contributed by atoms with E-state index < -0.39 is 6.10 Å². The summed E-state index contributed by atoms with van der Waals surface area (Å²) in [5, 5.41) is 24.8. The molecule has 2 bridgehead atoms. The zero-order valence-corrected chi connectivity index (χ0v) is 29.5. The minimum atomic E-state index is -0.770. The van der Waals surface area contributed by atoms with Crippen molar-refractivity contribution in [3.8, 4) is 11.5 Å². The molecule has 1 aromatic heterocycles. The van der Waals surface area contributed by atoms with Crippen molar-refractivity contribution in [2.45, 2.75) is 69.4 Å². The van der Waals surface area contributed by atoms with Crippen LogP contribution in [0.4, 0.5) is 0 Å². The summed E-state index contributed by atoms with van der Waals surface area (Å²) >= 11 is 0. The molecule has 0 spiro atoms. The van der Waals surface area contributed by atoms with Crippen molar-refractivity contribution in [3.63, 3.8) is 0 Å². The largest absolute Gasteiger partial charge is 0.506 e. The van der Waals surface area contributed by atoms with Crippen molar-refractivity contribution in [1.29, 1.82) is 0 Å². The molecule has 8 rings (SSSR count). The van der Waals surface area contributed by atoms with E-state index in [0.717, 1.165) is 69.0 Å². The number of aromatic amines is 1. The number of phenolic OH excluding ortho intramolecular Hbond substituents is 1. The van der Waals surface area contributed by atoms with Gasteiger partial charge in [-0.1, -0.05) is 48.5 Å². The summed E-state index contributed by atoms with van der Waals surface area (Å²) in [5.74, 6) is 2.83. The van der Waals surface area contributed by atoms with Gasteiger partial charge in [-0.15, -0.1) is 0 Å². The lowest BCUT2D eigenvalue weighted by molar-refractivity contribution is -0.138. The van der Waals surface area contributed by atoms with Crippen molar-refractivity contribution in [1.82, 2.24) is 20.1 Å². The van der Waals surface area contributed by atoms with Crippen molar-refractivity contribution in [2.75, 3.05) is 45.9 Å². The second-order valence-electron chi connectivity index (χ2n) is 14.8. The number of nitrogens with zero attached hydrogens (tertiary/aromatic N) is 2. The van der Waals surface area contributed by atoms with Crippen LogP contribution in [0.25, 0.3) is 10.9 Å². The quantitative estimate of drug-likeness (QED) is 0.124. The van der Waals surface area contributed by atoms with Crippen molar-refractivity contribution in [3.05, 3.63) is 106 Å². The van der Waals surface area contributed by atoms with Crippen LogP contribution in [0.1, 0.15) is 73.7 Å². The number of phenols is 1. The van der Waals surface area contributed by atoms with Gasteiger partial charge in [-0.3, -0.25) is 9.59 Å². The average Bonchev–Trinajstić information content (AvgIpc) is 3.17. The fourth-order valence-electron chi connectivity index (χ4n) is 8.83. The summed E-state index contributed by atoms with van der Waals surface area (Å²) in [7, 11) is 0. The van der Waals surface area contributed by atoms with Gasteiger partial charge >= 0.3 is 0 Å². The van der Waals surface area contributed by atoms with Gasteiger partial charge in [0.2, 0.25) is 11.5 Å². The van der Waals surface area contributed by atoms with Gasteiger partial charge in [0.25, 0.3) is 0 Å². The molecule has 4 saturated heterocycles. The molecule has 4 fully saturated rings. The Labute approximate surface area is 300 Å². The maximum atomic E-state index is 14.0. The molecular weight excluding hydrogens is 640 g/mol. The lowest BCUT2D eigenvalue weighted by Crippen LogP contribution is -2.58. The number of aromatic nitrogens is 1. The number of pyridine rings is 1. The van der Waals surface area contributed by atoms with Crippen LogP contribution in [-0.2, 0) is 11.2 Å². The third-order valence-corrected chi connectivity index (χ3v) is 11.6. The Morgan fingerprint density at radius 3 is 2.59 bits per heavy atom. The molecule has 4 atom stereocenters. The lowest BCUT2D eigenvalue weighted by atomic mass is 9.70. The maximum Gasteiger partial charge on any atom is 0.248 e. The maximum absolute atomic E-state index is 14.0. The monoisotopic (exact) mass is 692 g/mol. The number of fused-ring (bicyclic) bond motifs is 4. The van der Waals surface area contributed by atoms with Gasteiger partial charge in [0.15, 0.2) is 0 Å². The number of aliphatic hydroxyl groups excluding tert-OH is 1. The van der Waals surface area contributed by atoms with Crippen molar-refractivity contribution < 1.29 is 19.7 Å². The molecule has 4 N–H and O–H groups in total. The number of carbonyl (C=O) groups excluding carboxylic acids is 1. The van der Waals surface area contributed by atoms with E-state index in [0.29, 0.717) is 53.9 Å². The Bertz CT molecular complexity index is 1820. The minimum absolute atomic E-state index is 0.0167. The highest BCUT2D eigenvalue weighted by molar-refractivity contribution is 5.87. The SMILES string of the molecule is O=C(Cc1cccc(OCCCCCNCC(O)c2ccc(O)c3[nH]c(=O)ccc23)c1)N1CCC(c2ccccc2)CC1C1CN2CCC1CC2. The number of likely N-dealkylation sites (tertiary alicyclic amines) is 1. The molecule has 0 radical (unpaired) electrons. The number of ether oxygens (including phenoxy) is 1. The number of carbonyl (C=O) groups is 1. The van der Waals surface area contributed by atoms with Crippen molar-refractivity contribution >= 4 is 16.8 Å². The molecular formula is C42H52N4O5. The third-order valence-electron chi connectivity index (χ3n) is 11.6. The molecule has 4 unspecified atom stereocenters. The lowest BCUT2D eigenvalue weighted by Gasteiger charge is -2.52. The molecule has 0 aliphatic carbocycles. The number of H-pyrrole nitrogens is 1. The van der Waals surface area contributed by atoms with Crippen LogP contribution in [0, 0.1) is 11.8 Å². The fourth-order valence-corrected chi connectivity index (χ4v) is 8.83. The van der Waals surface area contributed by atoms with E-state index in [4.69, 9.17) is 4.74 Å². The molecule has 4 aliphatic rings. The highest BCUT2D eigenvalue weighted by Gasteiger charge is 2.44. The summed E-state index contributed by atoms with van der Waals surface area (Å²) < 4.78 is 6.11. The fraction of sp³-hybridized carbons (Fsp3) is 0.476. The number of benzene rings is 3. The molecule has 5 heterocycles. The second-order valence-corrected chi connectivity index (χ2v) is 14.8. The van der Waals surface area contributed by atoms with Crippen LogP contribution in [-0.4, -0.2) is 82.8 Å². The van der Waals surface area contributed by atoms with E-state index in [1.54, 1.807) is 12.1 Å². The number of piperidine rings is 4. The highest BCUT2D eigenvalue weighted by Crippen LogP contribution is 2.42. The first-order valence-electron chi connectivity index (χ1n) is 18.9. The molecule has 4 aromatic rings. The summed E-state index contributed by atoms with van der Waals surface area (Å²) in [6, 6.07) is 25.5. The molecule has 51 heavy (non-hydrogen) atoms. The number of hydrogen-bond acceptors (Lipinski definition) is 7. The Morgan fingerprint density at radius 2 is 1.78 bits per heavy atom. The Hall–Kier alpha value is -4.18. The van der Waals surface area contributed by atoms with Crippen LogP contribution < -0.4 is 15.6 Å². The average molecular weight is 693 g/mol. The van der Waals surface area contributed by atoms with E-state index in [9.17, 15) is 19.8 Å². The molecule has 3 aromatic carbocycles. The summed E-state index contributed by atoms with van der Waals surface area (Å²) in [4.78, 5) is 33.2. The van der Waals surface area contributed by atoms with Crippen LogP contribution >= 0.6 is 0 Å². The smallest absolute Gasteiger partial charge is 0.248 e. The van der Waals surface area contributed by atoms with E-state index in [2.05, 4.69) is 50.4 Å². The summed E-state index contributed by atoms with van der Waals surface area (Å²) in [5.41, 5.74) is 3.11. The van der Waals surface area contributed by atoms with E-state index in [1.165, 1.54) is 43.6 Å². The second kappa shape index (κ2) is 16.4. The Balaban J connectivity index is 0.861. The molecule has 270 valence electrons. The number of unbranched alkanes of at least 4 members (excludes halogenated alkanes) is 2. The first kappa shape index (κ1) is 35.2. The third kappa shape index (κ3) is 8.49. The zero-order chi connectivity index (χ0) is 35.2. The van der Waals surface area contributed by atoms with E-state index in [-0.39, 0.29) is 17.2 Å². The van der Waals surface area contributed by atoms with Crippen molar-refractivity contribution in [2.24, 2.45) is 11.8 Å². The first-order chi connectivity index (χ1) is 24.9. The van der Waals surface area contributed by atoms with Gasteiger partial charge in [-0.25, -0.2) is 0 Å². The number of amides is 1. The van der Waals surface area contributed by atoms with E-state index >= 15 is 0 Å². The normalized spacial score (nSPS) is 23.7. The molecule has 1 amide bonds.